The maximum absolute atomic E-state index is 12.6. The number of carbonyl (C=O) groups excluding carboxylic acids is 1. The van der Waals surface area contributed by atoms with Crippen LogP contribution in [0.15, 0.2) is 12.7 Å². The summed E-state index contributed by atoms with van der Waals surface area (Å²) in [6.45, 7) is 5.30. The lowest BCUT2D eigenvalue weighted by atomic mass is 9.97. The van der Waals surface area contributed by atoms with E-state index in [4.69, 9.17) is 0 Å². The molecule has 1 amide bonds. The molecule has 0 radical (unpaired) electrons. The van der Waals surface area contributed by atoms with Gasteiger partial charge in [-0.2, -0.15) is 5.10 Å². The van der Waals surface area contributed by atoms with Gasteiger partial charge in [-0.3, -0.25) is 14.4 Å². The fourth-order valence-electron chi connectivity index (χ4n) is 4.14. The largest absolute Gasteiger partial charge is 0.342 e. The zero-order valence-electron chi connectivity index (χ0n) is 16.0. The van der Waals surface area contributed by atoms with E-state index in [1.54, 1.807) is 11.0 Å². The van der Waals surface area contributed by atoms with Crippen molar-refractivity contribution in [1.82, 2.24) is 39.3 Å². The molecular formula is C18H28N8O. The molecule has 4 rings (SSSR count). The first-order valence-electron chi connectivity index (χ1n) is 9.91. The van der Waals surface area contributed by atoms with Gasteiger partial charge in [-0.15, -0.1) is 10.2 Å². The predicted octanol–water partition coefficient (Wildman–Crippen LogP) is 0.799. The molecule has 2 fully saturated rings. The van der Waals surface area contributed by atoms with Crippen LogP contribution in [0.25, 0.3) is 0 Å². The van der Waals surface area contributed by atoms with Crippen molar-refractivity contribution in [3.63, 3.8) is 0 Å². The fraction of sp³-hybridized carbons (Fsp3) is 0.722. The number of carbonyl (C=O) groups is 1. The van der Waals surface area contributed by atoms with Gasteiger partial charge in [0.05, 0.1) is 13.1 Å². The average Bonchev–Trinajstić information content (AvgIpc) is 3.44. The second kappa shape index (κ2) is 8.16. The second-order valence-corrected chi connectivity index (χ2v) is 7.60. The lowest BCUT2D eigenvalue weighted by molar-refractivity contribution is -0.132. The molecule has 27 heavy (non-hydrogen) atoms. The zero-order valence-corrected chi connectivity index (χ0v) is 16.0. The number of nitrogens with zero attached hydrogens (tertiary/aromatic N) is 8. The van der Waals surface area contributed by atoms with E-state index >= 15 is 0 Å². The molecule has 1 atom stereocenters. The molecule has 0 aromatic carbocycles. The monoisotopic (exact) mass is 372 g/mol. The highest BCUT2D eigenvalue weighted by molar-refractivity contribution is 5.76. The highest BCUT2D eigenvalue weighted by atomic mass is 16.2. The molecule has 2 saturated heterocycles. The highest BCUT2D eigenvalue weighted by Gasteiger charge is 2.28. The third kappa shape index (κ3) is 4.18. The van der Waals surface area contributed by atoms with Crippen LogP contribution in [0.2, 0.25) is 0 Å². The summed E-state index contributed by atoms with van der Waals surface area (Å²) in [7, 11) is 2.06. The van der Waals surface area contributed by atoms with E-state index in [1.165, 1.54) is 19.2 Å². The fourth-order valence-corrected chi connectivity index (χ4v) is 4.14. The molecule has 0 N–H and O–H groups in total. The molecule has 2 aromatic rings. The van der Waals surface area contributed by atoms with Crippen LogP contribution in [0.1, 0.15) is 49.7 Å². The number of hydrogen-bond donors (Lipinski definition) is 0. The molecule has 0 spiro atoms. The molecule has 4 heterocycles. The van der Waals surface area contributed by atoms with Crippen LogP contribution in [0, 0.1) is 0 Å². The molecule has 9 heteroatoms. The summed E-state index contributed by atoms with van der Waals surface area (Å²) in [5.41, 5.74) is 0. The molecule has 2 aromatic heterocycles. The average molecular weight is 372 g/mol. The maximum atomic E-state index is 12.6. The summed E-state index contributed by atoms with van der Waals surface area (Å²) >= 11 is 0. The molecule has 0 saturated carbocycles. The van der Waals surface area contributed by atoms with E-state index < -0.39 is 0 Å². The molecular weight excluding hydrogens is 344 g/mol. The number of aryl methyl sites for hydroxylation is 1. The topological polar surface area (TPSA) is 85.0 Å². The third-order valence-corrected chi connectivity index (χ3v) is 5.72. The Balaban J connectivity index is 1.36. The minimum atomic E-state index is 0.176. The SMILES string of the molecule is Cn1c(CN2CCCC2)nnc1C1CCCN(C(=O)CCn2cncn2)C1. The first-order valence-corrected chi connectivity index (χ1v) is 9.91. The van der Waals surface area contributed by atoms with Crippen LogP contribution in [0.3, 0.4) is 0 Å². The molecule has 0 aliphatic carbocycles. The van der Waals surface area contributed by atoms with E-state index in [-0.39, 0.29) is 11.8 Å². The van der Waals surface area contributed by atoms with Crippen LogP contribution in [0.5, 0.6) is 0 Å². The minimum absolute atomic E-state index is 0.176. The Kier molecular flexibility index (Phi) is 5.47. The second-order valence-electron chi connectivity index (χ2n) is 7.60. The highest BCUT2D eigenvalue weighted by Crippen LogP contribution is 2.26. The minimum Gasteiger partial charge on any atom is -0.342 e. The Labute approximate surface area is 159 Å². The summed E-state index contributed by atoms with van der Waals surface area (Å²) in [5, 5.41) is 13.0. The van der Waals surface area contributed by atoms with Crippen LogP contribution >= 0.6 is 0 Å². The van der Waals surface area contributed by atoms with Gasteiger partial charge in [0.2, 0.25) is 5.91 Å². The van der Waals surface area contributed by atoms with E-state index in [9.17, 15) is 4.79 Å². The summed E-state index contributed by atoms with van der Waals surface area (Å²) in [5.74, 6) is 2.48. The number of rotatable bonds is 6. The molecule has 2 aliphatic rings. The summed E-state index contributed by atoms with van der Waals surface area (Å²) in [6, 6.07) is 0. The van der Waals surface area contributed by atoms with Crippen molar-refractivity contribution < 1.29 is 4.79 Å². The maximum Gasteiger partial charge on any atom is 0.224 e. The van der Waals surface area contributed by atoms with Crippen molar-refractivity contribution in [3.05, 3.63) is 24.3 Å². The van der Waals surface area contributed by atoms with Gasteiger partial charge >= 0.3 is 0 Å². The predicted molar refractivity (Wildman–Crippen MR) is 98.7 cm³/mol. The van der Waals surface area contributed by atoms with Gasteiger partial charge in [0.25, 0.3) is 0 Å². The smallest absolute Gasteiger partial charge is 0.224 e. The van der Waals surface area contributed by atoms with Crippen LogP contribution in [0.4, 0.5) is 0 Å². The Hall–Kier alpha value is -2.29. The summed E-state index contributed by atoms with van der Waals surface area (Å²) in [4.78, 5) is 20.9. The van der Waals surface area contributed by atoms with Crippen LogP contribution < -0.4 is 0 Å². The Morgan fingerprint density at radius 1 is 1.19 bits per heavy atom. The molecule has 146 valence electrons. The van der Waals surface area contributed by atoms with Gasteiger partial charge in [0.1, 0.15) is 24.3 Å². The number of aromatic nitrogens is 6. The van der Waals surface area contributed by atoms with Gasteiger partial charge < -0.3 is 9.47 Å². The lowest BCUT2D eigenvalue weighted by Crippen LogP contribution is -2.40. The van der Waals surface area contributed by atoms with E-state index in [1.807, 2.05) is 4.90 Å². The molecule has 2 aliphatic heterocycles. The van der Waals surface area contributed by atoms with Crippen LogP contribution in [-0.4, -0.2) is 71.4 Å². The quantitative estimate of drug-likeness (QED) is 0.746. The van der Waals surface area contributed by atoms with Crippen molar-refractivity contribution in [2.45, 2.75) is 51.1 Å². The van der Waals surface area contributed by atoms with E-state index in [0.29, 0.717) is 13.0 Å². The summed E-state index contributed by atoms with van der Waals surface area (Å²) in [6.07, 6.45) is 8.21. The molecule has 1 unspecified atom stereocenters. The van der Waals surface area contributed by atoms with Gasteiger partial charge in [-0.1, -0.05) is 0 Å². The molecule has 9 nitrogen and oxygen atoms in total. The first kappa shape index (κ1) is 18.1. The lowest BCUT2D eigenvalue weighted by Gasteiger charge is -2.32. The van der Waals surface area contributed by atoms with Gasteiger partial charge in [0, 0.05) is 32.5 Å². The van der Waals surface area contributed by atoms with Gasteiger partial charge in [0.15, 0.2) is 0 Å². The standard InChI is InChI=1S/C18H28N8O/c1-23-16(12-24-7-2-3-8-24)21-22-18(23)15-5-4-9-25(11-15)17(27)6-10-26-14-19-13-20-26/h13-15H,2-12H2,1H3. The Morgan fingerprint density at radius 2 is 2.04 bits per heavy atom. The third-order valence-electron chi connectivity index (χ3n) is 5.72. The van der Waals surface area contributed by atoms with Gasteiger partial charge in [-0.25, -0.2) is 4.98 Å². The van der Waals surface area contributed by atoms with Crippen molar-refractivity contribution in [2.75, 3.05) is 26.2 Å². The molecule has 0 bridgehead atoms. The van der Waals surface area contributed by atoms with E-state index in [2.05, 4.69) is 36.8 Å². The van der Waals surface area contributed by atoms with Crippen molar-refractivity contribution >= 4 is 5.91 Å². The van der Waals surface area contributed by atoms with Crippen molar-refractivity contribution in [3.8, 4) is 0 Å². The number of likely N-dealkylation sites (tertiary alicyclic amines) is 2. The Morgan fingerprint density at radius 3 is 2.81 bits per heavy atom. The zero-order chi connectivity index (χ0) is 18.6. The van der Waals surface area contributed by atoms with Gasteiger partial charge in [-0.05, 0) is 38.8 Å². The van der Waals surface area contributed by atoms with E-state index in [0.717, 1.165) is 57.2 Å². The number of piperidine rings is 1. The normalized spacial score (nSPS) is 21.1. The van der Waals surface area contributed by atoms with Crippen molar-refractivity contribution in [1.29, 1.82) is 0 Å². The van der Waals surface area contributed by atoms with Crippen LogP contribution in [-0.2, 0) is 24.9 Å². The van der Waals surface area contributed by atoms with Crippen molar-refractivity contribution in [2.24, 2.45) is 7.05 Å². The summed E-state index contributed by atoms with van der Waals surface area (Å²) < 4.78 is 3.85. The first-order chi connectivity index (χ1) is 13.2. The number of hydrogen-bond acceptors (Lipinski definition) is 6. The number of amides is 1. The Bertz CT molecular complexity index is 750.